The van der Waals surface area contributed by atoms with Gasteiger partial charge in [-0.3, -0.25) is 0 Å². The minimum atomic E-state index is -0.0158. The van der Waals surface area contributed by atoms with Crippen LogP contribution in [0.25, 0.3) is 0 Å². The fraction of sp³-hybridized carbons (Fsp3) is 0.538. The van der Waals surface area contributed by atoms with E-state index in [1.165, 1.54) is 0 Å². The van der Waals surface area contributed by atoms with E-state index in [4.69, 9.17) is 15.2 Å². The lowest BCUT2D eigenvalue weighted by Gasteiger charge is -2.16. The fourth-order valence-electron chi connectivity index (χ4n) is 1.93. The smallest absolute Gasteiger partial charge is 0.125 e. The van der Waals surface area contributed by atoms with E-state index < -0.39 is 0 Å². The van der Waals surface area contributed by atoms with Gasteiger partial charge in [0.05, 0.1) is 13.2 Å². The standard InChI is InChI=1S/C13H18BrNO2/c1-9(15)12-3-2-11(14)6-13(12)17-8-10-4-5-16-7-10/h2-3,6,9-10H,4-5,7-8,15H2,1H3/t9-,10?/m0/s1. The van der Waals surface area contributed by atoms with Crippen molar-refractivity contribution in [1.82, 2.24) is 0 Å². The summed E-state index contributed by atoms with van der Waals surface area (Å²) in [5.74, 6) is 1.39. The summed E-state index contributed by atoms with van der Waals surface area (Å²) in [6.45, 7) is 4.33. The first-order valence-corrected chi connectivity index (χ1v) is 6.71. The lowest BCUT2D eigenvalue weighted by molar-refractivity contribution is 0.166. The summed E-state index contributed by atoms with van der Waals surface area (Å²) in [6.07, 6.45) is 1.08. The number of nitrogens with two attached hydrogens (primary N) is 1. The molecule has 0 amide bonds. The van der Waals surface area contributed by atoms with Crippen LogP contribution in [-0.4, -0.2) is 19.8 Å². The Morgan fingerprint density at radius 3 is 3.06 bits per heavy atom. The zero-order valence-corrected chi connectivity index (χ0v) is 11.6. The monoisotopic (exact) mass is 299 g/mol. The maximum Gasteiger partial charge on any atom is 0.125 e. The van der Waals surface area contributed by atoms with Crippen LogP contribution in [0.5, 0.6) is 5.75 Å². The van der Waals surface area contributed by atoms with Crippen molar-refractivity contribution >= 4 is 15.9 Å². The summed E-state index contributed by atoms with van der Waals surface area (Å²) < 4.78 is 12.2. The van der Waals surface area contributed by atoms with Gasteiger partial charge >= 0.3 is 0 Å². The van der Waals surface area contributed by atoms with E-state index in [2.05, 4.69) is 15.9 Å². The predicted octanol–water partition coefficient (Wildman–Crippen LogP) is 2.88. The van der Waals surface area contributed by atoms with Gasteiger partial charge in [0.25, 0.3) is 0 Å². The van der Waals surface area contributed by atoms with Crippen molar-refractivity contribution < 1.29 is 9.47 Å². The predicted molar refractivity (Wildman–Crippen MR) is 71.2 cm³/mol. The van der Waals surface area contributed by atoms with Crippen LogP contribution >= 0.6 is 15.9 Å². The molecule has 1 aromatic rings. The molecule has 0 saturated carbocycles. The van der Waals surface area contributed by atoms with Crippen molar-refractivity contribution in [3.8, 4) is 5.75 Å². The molecule has 1 fully saturated rings. The van der Waals surface area contributed by atoms with E-state index in [9.17, 15) is 0 Å². The third-order valence-corrected chi connectivity index (χ3v) is 3.46. The highest BCUT2D eigenvalue weighted by Gasteiger charge is 2.17. The van der Waals surface area contributed by atoms with Gasteiger partial charge in [0.2, 0.25) is 0 Å². The Hall–Kier alpha value is -0.580. The first-order valence-electron chi connectivity index (χ1n) is 5.92. The molecule has 1 saturated heterocycles. The molecule has 1 heterocycles. The number of ether oxygens (including phenoxy) is 2. The zero-order valence-electron chi connectivity index (χ0n) is 9.99. The maximum atomic E-state index is 5.93. The Bertz CT molecular complexity index is 376. The van der Waals surface area contributed by atoms with Crippen molar-refractivity contribution in [2.24, 2.45) is 11.7 Å². The molecule has 0 aliphatic carbocycles. The first-order chi connectivity index (χ1) is 8.16. The van der Waals surface area contributed by atoms with Gasteiger partial charge in [-0.05, 0) is 25.5 Å². The normalized spacial score (nSPS) is 21.5. The first kappa shape index (κ1) is 12.9. The molecular weight excluding hydrogens is 282 g/mol. The summed E-state index contributed by atoms with van der Waals surface area (Å²) in [4.78, 5) is 0. The van der Waals surface area contributed by atoms with E-state index in [0.717, 1.165) is 35.4 Å². The molecule has 4 heteroatoms. The van der Waals surface area contributed by atoms with Gasteiger partial charge in [0.15, 0.2) is 0 Å². The van der Waals surface area contributed by atoms with Gasteiger partial charge in [-0.2, -0.15) is 0 Å². The van der Waals surface area contributed by atoms with Crippen LogP contribution in [0.4, 0.5) is 0 Å². The lowest BCUT2D eigenvalue weighted by atomic mass is 10.1. The third-order valence-electron chi connectivity index (χ3n) is 2.96. The molecule has 1 aromatic carbocycles. The van der Waals surface area contributed by atoms with Crippen LogP contribution in [0.2, 0.25) is 0 Å². The molecule has 2 atom stereocenters. The molecule has 0 bridgehead atoms. The second kappa shape index (κ2) is 5.85. The molecule has 0 spiro atoms. The quantitative estimate of drug-likeness (QED) is 0.930. The molecular formula is C13H18BrNO2. The van der Waals surface area contributed by atoms with Crippen LogP contribution in [0.3, 0.4) is 0 Å². The van der Waals surface area contributed by atoms with Crippen molar-refractivity contribution in [2.45, 2.75) is 19.4 Å². The molecule has 0 aromatic heterocycles. The van der Waals surface area contributed by atoms with Gasteiger partial charge in [-0.25, -0.2) is 0 Å². The number of benzene rings is 1. The van der Waals surface area contributed by atoms with Gasteiger partial charge < -0.3 is 15.2 Å². The average molecular weight is 300 g/mol. The van der Waals surface area contributed by atoms with Crippen molar-refractivity contribution in [3.05, 3.63) is 28.2 Å². The number of rotatable bonds is 4. The number of halogens is 1. The third kappa shape index (κ3) is 3.44. The highest BCUT2D eigenvalue weighted by molar-refractivity contribution is 9.10. The van der Waals surface area contributed by atoms with Crippen molar-refractivity contribution in [1.29, 1.82) is 0 Å². The van der Waals surface area contributed by atoms with Crippen LogP contribution in [-0.2, 0) is 4.74 Å². The number of hydrogen-bond acceptors (Lipinski definition) is 3. The highest BCUT2D eigenvalue weighted by atomic mass is 79.9. The summed E-state index contributed by atoms with van der Waals surface area (Å²) in [6, 6.07) is 5.96. The molecule has 1 unspecified atom stereocenters. The minimum Gasteiger partial charge on any atom is -0.493 e. The SMILES string of the molecule is C[C@H](N)c1ccc(Br)cc1OCC1CCOC1. The van der Waals surface area contributed by atoms with Crippen LogP contribution in [0.15, 0.2) is 22.7 Å². The molecule has 94 valence electrons. The lowest BCUT2D eigenvalue weighted by Crippen LogP contribution is -2.14. The van der Waals surface area contributed by atoms with E-state index in [1.54, 1.807) is 0 Å². The van der Waals surface area contributed by atoms with Crippen molar-refractivity contribution in [2.75, 3.05) is 19.8 Å². The molecule has 1 aliphatic rings. The Balaban J connectivity index is 2.04. The minimum absolute atomic E-state index is 0.0158. The largest absolute Gasteiger partial charge is 0.493 e. The van der Waals surface area contributed by atoms with Crippen LogP contribution in [0, 0.1) is 5.92 Å². The van der Waals surface area contributed by atoms with Gasteiger partial charge in [0, 0.05) is 28.6 Å². The second-order valence-corrected chi connectivity index (χ2v) is 5.43. The molecule has 1 aliphatic heterocycles. The Labute approximate surface area is 110 Å². The van der Waals surface area contributed by atoms with Gasteiger partial charge in [-0.1, -0.05) is 22.0 Å². The summed E-state index contributed by atoms with van der Waals surface area (Å²) in [7, 11) is 0. The second-order valence-electron chi connectivity index (χ2n) is 4.51. The zero-order chi connectivity index (χ0) is 12.3. The highest BCUT2D eigenvalue weighted by Crippen LogP contribution is 2.28. The molecule has 0 radical (unpaired) electrons. The number of hydrogen-bond donors (Lipinski definition) is 1. The average Bonchev–Trinajstić information content (AvgIpc) is 2.78. The summed E-state index contributed by atoms with van der Waals surface area (Å²) >= 11 is 3.45. The summed E-state index contributed by atoms with van der Waals surface area (Å²) in [5, 5.41) is 0. The molecule has 3 nitrogen and oxygen atoms in total. The van der Waals surface area contributed by atoms with Gasteiger partial charge in [-0.15, -0.1) is 0 Å². The molecule has 17 heavy (non-hydrogen) atoms. The fourth-order valence-corrected chi connectivity index (χ4v) is 2.27. The van der Waals surface area contributed by atoms with Crippen LogP contribution < -0.4 is 10.5 Å². The van der Waals surface area contributed by atoms with Gasteiger partial charge in [0.1, 0.15) is 5.75 Å². The molecule has 2 rings (SSSR count). The van der Waals surface area contributed by atoms with E-state index in [0.29, 0.717) is 12.5 Å². The maximum absolute atomic E-state index is 5.93. The Kier molecular flexibility index (Phi) is 4.42. The topological polar surface area (TPSA) is 44.5 Å². The van der Waals surface area contributed by atoms with E-state index >= 15 is 0 Å². The van der Waals surface area contributed by atoms with E-state index in [-0.39, 0.29) is 6.04 Å². The van der Waals surface area contributed by atoms with Crippen molar-refractivity contribution in [3.63, 3.8) is 0 Å². The molecule has 2 N–H and O–H groups in total. The van der Waals surface area contributed by atoms with E-state index in [1.807, 2.05) is 25.1 Å². The van der Waals surface area contributed by atoms with Crippen LogP contribution in [0.1, 0.15) is 24.9 Å². The Morgan fingerprint density at radius 1 is 1.59 bits per heavy atom. The summed E-state index contributed by atoms with van der Waals surface area (Å²) in [5.41, 5.74) is 6.98. The Morgan fingerprint density at radius 2 is 2.41 bits per heavy atom.